The predicted molar refractivity (Wildman–Crippen MR) is 70.7 cm³/mol. The number of hydrogen-bond donors (Lipinski definition) is 3. The molecule has 0 radical (unpaired) electrons. The molecule has 0 aliphatic rings. The van der Waals surface area contributed by atoms with E-state index >= 15 is 0 Å². The predicted octanol–water partition coefficient (Wildman–Crippen LogP) is 1.17. The van der Waals surface area contributed by atoms with Crippen molar-refractivity contribution in [3.05, 3.63) is 23.8 Å². The highest BCUT2D eigenvalue weighted by atomic mass is 16.5. The SMILES string of the molecule is CCOc1cccc(N)c1C(=O)NCC(O)CC. The molecule has 0 aromatic heterocycles. The van der Waals surface area contributed by atoms with Crippen LogP contribution in [0.1, 0.15) is 30.6 Å². The number of anilines is 1. The van der Waals surface area contributed by atoms with Gasteiger partial charge in [0.05, 0.1) is 12.7 Å². The van der Waals surface area contributed by atoms with Crippen molar-refractivity contribution in [1.82, 2.24) is 5.32 Å². The van der Waals surface area contributed by atoms with E-state index < -0.39 is 6.10 Å². The average Bonchev–Trinajstić information content (AvgIpc) is 2.36. The van der Waals surface area contributed by atoms with E-state index in [1.807, 2.05) is 13.8 Å². The fourth-order valence-corrected chi connectivity index (χ4v) is 1.51. The molecule has 100 valence electrons. The molecule has 1 atom stereocenters. The van der Waals surface area contributed by atoms with Gasteiger partial charge in [0.25, 0.3) is 5.91 Å². The number of aliphatic hydroxyl groups excluding tert-OH is 1. The van der Waals surface area contributed by atoms with Crippen molar-refractivity contribution in [2.45, 2.75) is 26.4 Å². The van der Waals surface area contributed by atoms with Crippen LogP contribution in [0, 0.1) is 0 Å². The van der Waals surface area contributed by atoms with Crippen LogP contribution in [0.5, 0.6) is 5.75 Å². The lowest BCUT2D eigenvalue weighted by Gasteiger charge is -2.14. The number of hydrogen-bond acceptors (Lipinski definition) is 4. The molecular formula is C13H20N2O3. The van der Waals surface area contributed by atoms with E-state index in [0.29, 0.717) is 30.0 Å². The Morgan fingerprint density at radius 2 is 2.22 bits per heavy atom. The fourth-order valence-electron chi connectivity index (χ4n) is 1.51. The standard InChI is InChI=1S/C13H20N2O3/c1-3-9(16)8-15-13(17)12-10(14)6-5-7-11(12)18-4-2/h5-7,9,16H,3-4,8,14H2,1-2H3,(H,15,17). The average molecular weight is 252 g/mol. The highest BCUT2D eigenvalue weighted by Gasteiger charge is 2.16. The van der Waals surface area contributed by atoms with Crippen molar-refractivity contribution >= 4 is 11.6 Å². The number of nitrogens with one attached hydrogen (secondary N) is 1. The monoisotopic (exact) mass is 252 g/mol. The first-order chi connectivity index (χ1) is 8.60. The normalized spacial score (nSPS) is 11.9. The number of benzene rings is 1. The number of rotatable bonds is 6. The highest BCUT2D eigenvalue weighted by Crippen LogP contribution is 2.24. The fraction of sp³-hybridized carbons (Fsp3) is 0.462. The molecule has 0 fully saturated rings. The van der Waals surface area contributed by atoms with Crippen LogP contribution in [0.3, 0.4) is 0 Å². The first kappa shape index (κ1) is 14.3. The Bertz CT molecular complexity index is 407. The van der Waals surface area contributed by atoms with Crippen LogP contribution in [0.25, 0.3) is 0 Å². The van der Waals surface area contributed by atoms with Crippen molar-refractivity contribution in [2.75, 3.05) is 18.9 Å². The van der Waals surface area contributed by atoms with Gasteiger partial charge in [0.1, 0.15) is 11.3 Å². The van der Waals surface area contributed by atoms with E-state index in [4.69, 9.17) is 10.5 Å². The minimum Gasteiger partial charge on any atom is -0.493 e. The molecule has 0 bridgehead atoms. The van der Waals surface area contributed by atoms with Gasteiger partial charge in [-0.15, -0.1) is 0 Å². The minimum absolute atomic E-state index is 0.204. The molecule has 1 aromatic carbocycles. The molecule has 0 spiro atoms. The maximum atomic E-state index is 12.0. The number of amides is 1. The van der Waals surface area contributed by atoms with Crippen LogP contribution in [0.2, 0.25) is 0 Å². The highest BCUT2D eigenvalue weighted by molar-refractivity contribution is 6.01. The summed E-state index contributed by atoms with van der Waals surface area (Å²) in [5.74, 6) is 0.130. The molecule has 18 heavy (non-hydrogen) atoms. The second kappa shape index (κ2) is 6.86. The Labute approximate surface area is 107 Å². The summed E-state index contributed by atoms with van der Waals surface area (Å²) in [6, 6.07) is 5.08. The van der Waals surface area contributed by atoms with Crippen LogP contribution in [0.4, 0.5) is 5.69 Å². The molecule has 1 amide bonds. The van der Waals surface area contributed by atoms with Gasteiger partial charge < -0.3 is 20.9 Å². The third kappa shape index (κ3) is 3.63. The first-order valence-corrected chi connectivity index (χ1v) is 6.07. The van der Waals surface area contributed by atoms with E-state index in [1.54, 1.807) is 18.2 Å². The number of carbonyl (C=O) groups excluding carboxylic acids is 1. The van der Waals surface area contributed by atoms with Gasteiger partial charge >= 0.3 is 0 Å². The lowest BCUT2D eigenvalue weighted by Crippen LogP contribution is -2.32. The number of carbonyl (C=O) groups is 1. The summed E-state index contributed by atoms with van der Waals surface area (Å²) in [6.07, 6.45) is 0.0394. The first-order valence-electron chi connectivity index (χ1n) is 6.07. The lowest BCUT2D eigenvalue weighted by atomic mass is 10.1. The quantitative estimate of drug-likeness (QED) is 0.663. The summed E-state index contributed by atoms with van der Waals surface area (Å²) in [5, 5.41) is 12.1. The molecule has 0 saturated heterocycles. The van der Waals surface area contributed by atoms with Crippen LogP contribution in [-0.4, -0.2) is 30.3 Å². The van der Waals surface area contributed by atoms with Gasteiger partial charge in [-0.05, 0) is 25.5 Å². The topological polar surface area (TPSA) is 84.6 Å². The molecule has 1 unspecified atom stereocenters. The number of nitrogen functional groups attached to an aromatic ring is 1. The van der Waals surface area contributed by atoms with Gasteiger partial charge in [0.15, 0.2) is 0 Å². The summed E-state index contributed by atoms with van der Waals surface area (Å²) >= 11 is 0. The van der Waals surface area contributed by atoms with Crippen molar-refractivity contribution in [1.29, 1.82) is 0 Å². The number of aliphatic hydroxyl groups is 1. The molecule has 0 heterocycles. The molecule has 1 aromatic rings. The van der Waals surface area contributed by atoms with Crippen molar-refractivity contribution in [2.24, 2.45) is 0 Å². The molecule has 0 aliphatic carbocycles. The van der Waals surface area contributed by atoms with Gasteiger partial charge in [0.2, 0.25) is 0 Å². The van der Waals surface area contributed by atoms with E-state index in [2.05, 4.69) is 5.32 Å². The zero-order chi connectivity index (χ0) is 13.5. The van der Waals surface area contributed by atoms with Crippen LogP contribution >= 0.6 is 0 Å². The summed E-state index contributed by atoms with van der Waals surface area (Å²) in [7, 11) is 0. The van der Waals surface area contributed by atoms with Crippen LogP contribution < -0.4 is 15.8 Å². The number of nitrogens with two attached hydrogens (primary N) is 1. The molecule has 4 N–H and O–H groups in total. The number of ether oxygens (including phenoxy) is 1. The zero-order valence-corrected chi connectivity index (χ0v) is 10.8. The molecular weight excluding hydrogens is 232 g/mol. The van der Waals surface area contributed by atoms with Crippen LogP contribution in [0.15, 0.2) is 18.2 Å². The largest absolute Gasteiger partial charge is 0.493 e. The van der Waals surface area contributed by atoms with Crippen molar-refractivity contribution in [3.63, 3.8) is 0 Å². The van der Waals surface area contributed by atoms with Gasteiger partial charge in [0, 0.05) is 12.2 Å². The van der Waals surface area contributed by atoms with E-state index in [0.717, 1.165) is 0 Å². The van der Waals surface area contributed by atoms with Crippen molar-refractivity contribution in [3.8, 4) is 5.75 Å². The van der Waals surface area contributed by atoms with E-state index in [-0.39, 0.29) is 12.5 Å². The summed E-state index contributed by atoms with van der Waals surface area (Å²) in [6.45, 7) is 4.35. The van der Waals surface area contributed by atoms with E-state index in [1.165, 1.54) is 0 Å². The Morgan fingerprint density at radius 3 is 2.83 bits per heavy atom. The van der Waals surface area contributed by atoms with Gasteiger partial charge in [-0.25, -0.2) is 0 Å². The van der Waals surface area contributed by atoms with Crippen LogP contribution in [-0.2, 0) is 0 Å². The minimum atomic E-state index is -0.547. The smallest absolute Gasteiger partial charge is 0.257 e. The molecule has 5 nitrogen and oxygen atoms in total. The molecule has 0 aliphatic heterocycles. The Hall–Kier alpha value is -1.75. The second-order valence-corrected chi connectivity index (χ2v) is 3.93. The Balaban J connectivity index is 2.83. The van der Waals surface area contributed by atoms with Crippen molar-refractivity contribution < 1.29 is 14.6 Å². The summed E-state index contributed by atoms with van der Waals surface area (Å²) < 4.78 is 5.37. The summed E-state index contributed by atoms with van der Waals surface area (Å²) in [5.41, 5.74) is 6.48. The molecule has 1 rings (SSSR count). The maximum Gasteiger partial charge on any atom is 0.257 e. The third-order valence-corrected chi connectivity index (χ3v) is 2.55. The summed E-state index contributed by atoms with van der Waals surface area (Å²) in [4.78, 5) is 12.0. The molecule has 0 saturated carbocycles. The lowest BCUT2D eigenvalue weighted by molar-refractivity contribution is 0.0911. The maximum absolute atomic E-state index is 12.0. The Morgan fingerprint density at radius 1 is 1.50 bits per heavy atom. The Kier molecular flexibility index (Phi) is 5.45. The second-order valence-electron chi connectivity index (χ2n) is 3.93. The van der Waals surface area contributed by atoms with Gasteiger partial charge in [-0.1, -0.05) is 13.0 Å². The van der Waals surface area contributed by atoms with E-state index in [9.17, 15) is 9.90 Å². The zero-order valence-electron chi connectivity index (χ0n) is 10.8. The third-order valence-electron chi connectivity index (χ3n) is 2.55. The molecule has 5 heteroatoms. The van der Waals surface area contributed by atoms with Gasteiger partial charge in [-0.2, -0.15) is 0 Å². The van der Waals surface area contributed by atoms with Gasteiger partial charge in [-0.3, -0.25) is 4.79 Å².